The van der Waals surface area contributed by atoms with Crippen molar-refractivity contribution in [2.24, 2.45) is 5.41 Å². The number of aliphatic hydroxyl groups excluding tert-OH is 2. The molecular formula is C8H18O8P2. The van der Waals surface area contributed by atoms with Gasteiger partial charge >= 0.3 is 17.2 Å². The van der Waals surface area contributed by atoms with E-state index >= 15 is 0 Å². The van der Waals surface area contributed by atoms with E-state index in [-0.39, 0.29) is 19.8 Å². The third-order valence-electron chi connectivity index (χ3n) is 1.94. The van der Waals surface area contributed by atoms with Crippen molar-refractivity contribution < 1.29 is 38.5 Å². The largest absolute Gasteiger partial charge is 0.396 e. The molecule has 1 unspecified atom stereocenters. The fourth-order valence-corrected chi connectivity index (χ4v) is 1.90. The molecule has 0 saturated carbocycles. The van der Waals surface area contributed by atoms with Gasteiger partial charge in [-0.05, 0) is 0 Å². The Bertz CT molecular complexity index is 223. The lowest BCUT2D eigenvalue weighted by Crippen LogP contribution is -2.38. The topological polar surface area (TPSA) is 129 Å². The Morgan fingerprint density at radius 2 is 1.56 bits per heavy atom. The van der Waals surface area contributed by atoms with Crippen LogP contribution in [-0.2, 0) is 13.6 Å². The number of hydrogen-bond donors (Lipinski definition) is 5. The van der Waals surface area contributed by atoms with Gasteiger partial charge in [-0.1, -0.05) is 6.08 Å². The van der Waals surface area contributed by atoms with E-state index in [1.165, 1.54) is 6.08 Å². The van der Waals surface area contributed by atoms with Gasteiger partial charge in [0.25, 0.3) is 0 Å². The van der Waals surface area contributed by atoms with Crippen LogP contribution in [0.4, 0.5) is 0 Å². The second-order valence-corrected chi connectivity index (χ2v) is 5.19. The number of aliphatic hydroxyl groups is 2. The Balaban J connectivity index is 4.19. The van der Waals surface area contributed by atoms with E-state index in [4.69, 9.17) is 18.8 Å². The summed E-state index contributed by atoms with van der Waals surface area (Å²) in [5.41, 5.74) is -1.24. The van der Waals surface area contributed by atoms with Gasteiger partial charge in [0.2, 0.25) is 0 Å². The minimum absolute atomic E-state index is 0.0997. The fourth-order valence-electron chi connectivity index (χ4n) is 0.815. The predicted molar refractivity (Wildman–Crippen MR) is 65.2 cm³/mol. The normalized spacial score (nSPS) is 13.9. The van der Waals surface area contributed by atoms with E-state index in [2.05, 4.69) is 11.1 Å². The van der Waals surface area contributed by atoms with Crippen molar-refractivity contribution in [3.8, 4) is 0 Å². The second-order valence-electron chi connectivity index (χ2n) is 3.44. The highest BCUT2D eigenvalue weighted by molar-refractivity contribution is 7.40. The lowest BCUT2D eigenvalue weighted by Gasteiger charge is -2.29. The highest BCUT2D eigenvalue weighted by Gasteiger charge is 2.32. The number of rotatable bonds is 11. The van der Waals surface area contributed by atoms with Crippen LogP contribution in [0, 0.1) is 5.41 Å². The molecule has 0 amide bonds. The summed E-state index contributed by atoms with van der Waals surface area (Å²) in [6.07, 6.45) is 1.42. The SMILES string of the molecule is C=CCOP(O)OCC(CO)(CO)COP(O)O. The molecule has 0 radical (unpaired) electrons. The molecule has 108 valence electrons. The molecule has 0 aliphatic carbocycles. The zero-order valence-corrected chi connectivity index (χ0v) is 11.5. The molecule has 0 spiro atoms. The van der Waals surface area contributed by atoms with Crippen LogP contribution in [-0.4, -0.2) is 57.9 Å². The van der Waals surface area contributed by atoms with Crippen molar-refractivity contribution in [1.29, 1.82) is 0 Å². The molecule has 0 aromatic rings. The van der Waals surface area contributed by atoms with Crippen LogP contribution in [0.5, 0.6) is 0 Å². The number of hydrogen-bond acceptors (Lipinski definition) is 8. The molecule has 8 nitrogen and oxygen atoms in total. The third-order valence-corrected chi connectivity index (χ3v) is 3.02. The van der Waals surface area contributed by atoms with Gasteiger partial charge < -0.3 is 38.5 Å². The molecule has 0 rings (SSSR count). The maximum Gasteiger partial charge on any atom is 0.330 e. The average Bonchev–Trinajstić information content (AvgIpc) is 2.37. The van der Waals surface area contributed by atoms with Crippen LogP contribution >= 0.6 is 17.2 Å². The van der Waals surface area contributed by atoms with Crippen LogP contribution in [0.2, 0.25) is 0 Å². The van der Waals surface area contributed by atoms with Crippen molar-refractivity contribution in [3.05, 3.63) is 12.7 Å². The van der Waals surface area contributed by atoms with Gasteiger partial charge in [-0.25, -0.2) is 0 Å². The third kappa shape index (κ3) is 7.66. The Labute approximate surface area is 107 Å². The highest BCUT2D eigenvalue weighted by Crippen LogP contribution is 2.36. The second kappa shape index (κ2) is 10.1. The molecule has 0 saturated heterocycles. The predicted octanol–water partition coefficient (Wildman–Crippen LogP) is -0.376. The molecule has 5 N–H and O–H groups in total. The van der Waals surface area contributed by atoms with Gasteiger partial charge in [0.15, 0.2) is 0 Å². The molecule has 0 heterocycles. The quantitative estimate of drug-likeness (QED) is 0.258. The smallest absolute Gasteiger partial charge is 0.330 e. The Hall–Kier alpha value is 0.280. The van der Waals surface area contributed by atoms with E-state index in [9.17, 15) is 15.1 Å². The summed E-state index contributed by atoms with van der Waals surface area (Å²) in [6, 6.07) is 0. The van der Waals surface area contributed by atoms with Crippen LogP contribution in [0.3, 0.4) is 0 Å². The van der Waals surface area contributed by atoms with Crippen molar-refractivity contribution in [1.82, 2.24) is 0 Å². The summed E-state index contributed by atoms with van der Waals surface area (Å²) in [5.74, 6) is 0. The first-order valence-corrected chi connectivity index (χ1v) is 7.17. The first kappa shape index (κ1) is 18.3. The summed E-state index contributed by atoms with van der Waals surface area (Å²) in [7, 11) is -4.75. The van der Waals surface area contributed by atoms with Gasteiger partial charge in [-0.2, -0.15) is 0 Å². The van der Waals surface area contributed by atoms with Crippen molar-refractivity contribution in [2.45, 2.75) is 0 Å². The lowest BCUT2D eigenvalue weighted by atomic mass is 9.93. The molecule has 18 heavy (non-hydrogen) atoms. The van der Waals surface area contributed by atoms with E-state index in [0.29, 0.717) is 0 Å². The molecule has 0 aromatic heterocycles. The van der Waals surface area contributed by atoms with E-state index in [1.807, 2.05) is 0 Å². The minimum atomic E-state index is -2.59. The first-order chi connectivity index (χ1) is 8.49. The van der Waals surface area contributed by atoms with Gasteiger partial charge in [0.1, 0.15) is 0 Å². The average molecular weight is 304 g/mol. The Kier molecular flexibility index (Phi) is 10.3. The standard InChI is InChI=1S/C8H18O8P2/c1-2-3-14-18(13)16-7-8(4-9,5-10)6-15-17(11)12/h2,9-13H,1,3-7H2. The summed E-state index contributed by atoms with van der Waals surface area (Å²) in [4.78, 5) is 26.5. The highest BCUT2D eigenvalue weighted by atomic mass is 31.2. The zero-order chi connectivity index (χ0) is 14.0. The first-order valence-electron chi connectivity index (χ1n) is 4.88. The maximum atomic E-state index is 9.29. The summed E-state index contributed by atoms with van der Waals surface area (Å²) >= 11 is 0. The zero-order valence-electron chi connectivity index (χ0n) is 9.68. The van der Waals surface area contributed by atoms with Gasteiger partial charge in [0.05, 0.1) is 38.4 Å². The molecule has 10 heteroatoms. The lowest BCUT2D eigenvalue weighted by molar-refractivity contribution is -0.0244. The van der Waals surface area contributed by atoms with Gasteiger partial charge in [0, 0.05) is 0 Å². The monoisotopic (exact) mass is 304 g/mol. The van der Waals surface area contributed by atoms with Crippen LogP contribution in [0.15, 0.2) is 12.7 Å². The molecule has 0 fully saturated rings. The van der Waals surface area contributed by atoms with Crippen molar-refractivity contribution in [3.63, 3.8) is 0 Å². The van der Waals surface area contributed by atoms with Crippen LogP contribution < -0.4 is 0 Å². The molecule has 0 bridgehead atoms. The summed E-state index contributed by atoms with van der Waals surface area (Å²) in [5, 5.41) is 18.3. The van der Waals surface area contributed by atoms with Crippen molar-refractivity contribution in [2.75, 3.05) is 33.0 Å². The fraction of sp³-hybridized carbons (Fsp3) is 0.750. The van der Waals surface area contributed by atoms with Gasteiger partial charge in [-0.3, -0.25) is 0 Å². The van der Waals surface area contributed by atoms with Crippen LogP contribution in [0.25, 0.3) is 0 Å². The maximum absolute atomic E-state index is 9.29. The van der Waals surface area contributed by atoms with Crippen LogP contribution in [0.1, 0.15) is 0 Å². The summed E-state index contributed by atoms with van der Waals surface area (Å²) in [6.45, 7) is 1.86. The Morgan fingerprint density at radius 3 is 2.00 bits per heavy atom. The molecular weight excluding hydrogens is 286 g/mol. The molecule has 0 aliphatic rings. The van der Waals surface area contributed by atoms with Crippen molar-refractivity contribution >= 4 is 17.2 Å². The minimum Gasteiger partial charge on any atom is -0.396 e. The molecule has 0 aliphatic heterocycles. The van der Waals surface area contributed by atoms with E-state index in [0.717, 1.165) is 0 Å². The Morgan fingerprint density at radius 1 is 1.00 bits per heavy atom. The summed E-state index contributed by atoms with van der Waals surface area (Å²) < 4.78 is 14.2. The van der Waals surface area contributed by atoms with E-state index in [1.54, 1.807) is 0 Å². The molecule has 1 atom stereocenters. The van der Waals surface area contributed by atoms with E-state index < -0.39 is 35.8 Å². The van der Waals surface area contributed by atoms with Gasteiger partial charge in [-0.15, -0.1) is 6.58 Å². The molecule has 0 aromatic carbocycles.